The van der Waals surface area contributed by atoms with Gasteiger partial charge in [0.2, 0.25) is 0 Å². The molecular formula is C11H11ClN2O. The molecule has 0 aromatic heterocycles. The van der Waals surface area contributed by atoms with Crippen molar-refractivity contribution in [1.29, 1.82) is 0 Å². The summed E-state index contributed by atoms with van der Waals surface area (Å²) in [5.74, 6) is 2.23. The number of amides is 1. The van der Waals surface area contributed by atoms with Crippen LogP contribution in [0.15, 0.2) is 18.2 Å². The van der Waals surface area contributed by atoms with Crippen LogP contribution in [0.2, 0.25) is 5.02 Å². The van der Waals surface area contributed by atoms with Gasteiger partial charge in [-0.2, -0.15) is 0 Å². The van der Waals surface area contributed by atoms with Crippen LogP contribution in [-0.4, -0.2) is 12.5 Å². The number of anilines is 1. The zero-order valence-corrected chi connectivity index (χ0v) is 8.84. The topological polar surface area (TPSA) is 55.1 Å². The molecule has 0 unspecified atom stereocenters. The third-order valence-electron chi connectivity index (χ3n) is 1.81. The average molecular weight is 223 g/mol. The largest absolute Gasteiger partial charge is 0.398 e. The van der Waals surface area contributed by atoms with Gasteiger partial charge in [-0.05, 0) is 18.2 Å². The van der Waals surface area contributed by atoms with E-state index in [1.165, 1.54) is 6.07 Å². The van der Waals surface area contributed by atoms with Crippen LogP contribution < -0.4 is 11.1 Å². The van der Waals surface area contributed by atoms with Crippen molar-refractivity contribution in [3.63, 3.8) is 0 Å². The number of nitrogen functional groups attached to an aromatic ring is 1. The smallest absolute Gasteiger partial charge is 0.251 e. The van der Waals surface area contributed by atoms with Crippen LogP contribution in [0.1, 0.15) is 16.8 Å². The molecule has 0 aliphatic heterocycles. The fourth-order valence-electron chi connectivity index (χ4n) is 1.04. The van der Waals surface area contributed by atoms with Gasteiger partial charge in [-0.3, -0.25) is 4.79 Å². The summed E-state index contributed by atoms with van der Waals surface area (Å²) >= 11 is 5.73. The van der Waals surface area contributed by atoms with Crippen LogP contribution in [0.25, 0.3) is 0 Å². The molecule has 1 amide bonds. The van der Waals surface area contributed by atoms with E-state index in [1.807, 2.05) is 0 Å². The quantitative estimate of drug-likeness (QED) is 0.465. The molecule has 0 aliphatic carbocycles. The molecule has 0 spiro atoms. The second kappa shape index (κ2) is 5.28. The van der Waals surface area contributed by atoms with E-state index >= 15 is 0 Å². The summed E-state index contributed by atoms with van der Waals surface area (Å²) in [4.78, 5) is 11.5. The first-order valence-corrected chi connectivity index (χ1v) is 4.79. The Morgan fingerprint density at radius 2 is 2.33 bits per heavy atom. The molecule has 0 saturated carbocycles. The van der Waals surface area contributed by atoms with Crippen molar-refractivity contribution in [2.75, 3.05) is 12.3 Å². The third-order valence-corrected chi connectivity index (χ3v) is 2.16. The fourth-order valence-corrected chi connectivity index (χ4v) is 1.15. The maximum Gasteiger partial charge on any atom is 0.251 e. The summed E-state index contributed by atoms with van der Waals surface area (Å²) in [6, 6.07) is 4.74. The molecule has 0 heterocycles. The van der Waals surface area contributed by atoms with Gasteiger partial charge in [-0.25, -0.2) is 0 Å². The molecule has 3 nitrogen and oxygen atoms in total. The Balaban J connectivity index is 2.67. The zero-order chi connectivity index (χ0) is 11.3. The number of benzene rings is 1. The Hall–Kier alpha value is -1.66. The second-order valence-corrected chi connectivity index (χ2v) is 3.35. The molecule has 0 atom stereocenters. The minimum Gasteiger partial charge on any atom is -0.398 e. The number of carbonyl (C=O) groups is 1. The minimum absolute atomic E-state index is 0.200. The van der Waals surface area contributed by atoms with Gasteiger partial charge < -0.3 is 11.1 Å². The predicted octanol–water partition coefficient (Wildman–Crippen LogP) is 1.68. The standard InChI is InChI=1S/C11H11ClN2O/c1-2-3-6-14-11(15)8-4-5-9(12)10(13)7-8/h1,4-5,7H,3,6,13H2,(H,14,15). The lowest BCUT2D eigenvalue weighted by atomic mass is 10.2. The van der Waals surface area contributed by atoms with E-state index in [9.17, 15) is 4.79 Å². The van der Waals surface area contributed by atoms with E-state index in [0.717, 1.165) is 0 Å². The van der Waals surface area contributed by atoms with Crippen molar-refractivity contribution in [1.82, 2.24) is 5.32 Å². The van der Waals surface area contributed by atoms with Gasteiger partial charge in [0, 0.05) is 18.5 Å². The maximum atomic E-state index is 11.5. The van der Waals surface area contributed by atoms with Crippen LogP contribution in [0, 0.1) is 12.3 Å². The molecule has 0 radical (unpaired) electrons. The highest BCUT2D eigenvalue weighted by molar-refractivity contribution is 6.33. The van der Waals surface area contributed by atoms with Crippen LogP contribution in [0.3, 0.4) is 0 Å². The molecule has 15 heavy (non-hydrogen) atoms. The molecule has 78 valence electrons. The van der Waals surface area contributed by atoms with E-state index in [4.69, 9.17) is 23.8 Å². The lowest BCUT2D eigenvalue weighted by molar-refractivity contribution is 0.0954. The normalized spacial score (nSPS) is 9.33. The van der Waals surface area contributed by atoms with Crippen LogP contribution in [0.4, 0.5) is 5.69 Å². The number of terminal acetylenes is 1. The maximum absolute atomic E-state index is 11.5. The van der Waals surface area contributed by atoms with Gasteiger partial charge >= 0.3 is 0 Å². The van der Waals surface area contributed by atoms with E-state index in [-0.39, 0.29) is 5.91 Å². The molecule has 1 aromatic rings. The monoisotopic (exact) mass is 222 g/mol. The summed E-state index contributed by atoms with van der Waals surface area (Å²) < 4.78 is 0. The first-order valence-electron chi connectivity index (χ1n) is 4.42. The molecule has 0 bridgehead atoms. The molecule has 1 rings (SSSR count). The number of hydrogen-bond acceptors (Lipinski definition) is 2. The van der Waals surface area contributed by atoms with Gasteiger partial charge in [-0.1, -0.05) is 11.6 Å². The molecule has 3 N–H and O–H groups in total. The average Bonchev–Trinajstić information content (AvgIpc) is 2.22. The van der Waals surface area contributed by atoms with Crippen molar-refractivity contribution < 1.29 is 4.79 Å². The molecule has 1 aromatic carbocycles. The summed E-state index contributed by atoms with van der Waals surface area (Å²) in [6.45, 7) is 0.456. The van der Waals surface area contributed by atoms with Crippen molar-refractivity contribution in [2.24, 2.45) is 0 Å². The fraction of sp³-hybridized carbons (Fsp3) is 0.182. The summed E-state index contributed by atoms with van der Waals surface area (Å²) in [5, 5.41) is 3.11. The highest BCUT2D eigenvalue weighted by atomic mass is 35.5. The van der Waals surface area contributed by atoms with E-state index in [0.29, 0.717) is 29.2 Å². The Morgan fingerprint density at radius 1 is 1.60 bits per heavy atom. The molecule has 4 heteroatoms. The van der Waals surface area contributed by atoms with Gasteiger partial charge in [0.25, 0.3) is 5.91 Å². The lowest BCUT2D eigenvalue weighted by Crippen LogP contribution is -2.24. The van der Waals surface area contributed by atoms with Crippen molar-refractivity contribution in [3.05, 3.63) is 28.8 Å². The summed E-state index contributed by atoms with van der Waals surface area (Å²) in [6.07, 6.45) is 5.57. The van der Waals surface area contributed by atoms with Crippen LogP contribution in [0.5, 0.6) is 0 Å². The molecule has 0 saturated heterocycles. The Labute approximate surface area is 93.6 Å². The number of nitrogens with one attached hydrogen (secondary N) is 1. The van der Waals surface area contributed by atoms with Gasteiger partial charge in [0.15, 0.2) is 0 Å². The number of hydrogen-bond donors (Lipinski definition) is 2. The zero-order valence-electron chi connectivity index (χ0n) is 8.09. The summed E-state index contributed by atoms with van der Waals surface area (Å²) in [5.41, 5.74) is 6.44. The number of rotatable bonds is 3. The van der Waals surface area contributed by atoms with Gasteiger partial charge in [-0.15, -0.1) is 12.3 Å². The summed E-state index contributed by atoms with van der Waals surface area (Å²) in [7, 11) is 0. The lowest BCUT2D eigenvalue weighted by Gasteiger charge is -2.04. The Morgan fingerprint density at radius 3 is 2.93 bits per heavy atom. The van der Waals surface area contributed by atoms with Crippen LogP contribution >= 0.6 is 11.6 Å². The van der Waals surface area contributed by atoms with E-state index < -0.39 is 0 Å². The Bertz CT molecular complexity index is 410. The SMILES string of the molecule is C#CCCNC(=O)c1ccc(Cl)c(N)c1. The van der Waals surface area contributed by atoms with Crippen molar-refractivity contribution in [3.8, 4) is 12.3 Å². The first-order chi connectivity index (χ1) is 7.15. The third kappa shape index (κ3) is 3.19. The van der Waals surface area contributed by atoms with Crippen molar-refractivity contribution in [2.45, 2.75) is 6.42 Å². The van der Waals surface area contributed by atoms with E-state index in [1.54, 1.807) is 12.1 Å². The predicted molar refractivity (Wildman–Crippen MR) is 61.6 cm³/mol. The Kier molecular flexibility index (Phi) is 4.02. The van der Waals surface area contributed by atoms with Crippen molar-refractivity contribution >= 4 is 23.2 Å². The minimum atomic E-state index is -0.200. The van der Waals surface area contributed by atoms with Crippen LogP contribution in [-0.2, 0) is 0 Å². The first kappa shape index (κ1) is 11.4. The molecule has 0 aliphatic rings. The number of halogens is 1. The second-order valence-electron chi connectivity index (χ2n) is 2.95. The van der Waals surface area contributed by atoms with Gasteiger partial charge in [0.05, 0.1) is 10.7 Å². The molecule has 0 fully saturated rings. The number of carbonyl (C=O) groups excluding carboxylic acids is 1. The molecular weight excluding hydrogens is 212 g/mol. The highest BCUT2D eigenvalue weighted by Crippen LogP contribution is 2.19. The highest BCUT2D eigenvalue weighted by Gasteiger charge is 2.06. The van der Waals surface area contributed by atoms with Gasteiger partial charge in [0.1, 0.15) is 0 Å². The van der Waals surface area contributed by atoms with E-state index in [2.05, 4.69) is 11.2 Å². The number of nitrogens with two attached hydrogens (primary N) is 1.